The standard InChI is InChI=1S/C15H31NS/c1-5-13-7-6-9-16(10-8-13)11-14(12-17)15(2,3)4/h13-14,17H,5-12H2,1-4H3. The van der Waals surface area contributed by atoms with E-state index in [4.69, 9.17) is 0 Å². The van der Waals surface area contributed by atoms with Crippen molar-refractivity contribution in [1.82, 2.24) is 4.90 Å². The molecule has 1 aliphatic rings. The maximum Gasteiger partial charge on any atom is 0.00225 e. The van der Waals surface area contributed by atoms with Crippen LogP contribution in [0.4, 0.5) is 0 Å². The highest BCUT2D eigenvalue weighted by molar-refractivity contribution is 7.80. The molecule has 1 saturated heterocycles. The van der Waals surface area contributed by atoms with Crippen molar-refractivity contribution in [1.29, 1.82) is 0 Å². The zero-order valence-corrected chi connectivity index (χ0v) is 13.1. The zero-order chi connectivity index (χ0) is 12.9. The minimum atomic E-state index is 0.387. The third kappa shape index (κ3) is 5.21. The molecule has 0 saturated carbocycles. The monoisotopic (exact) mass is 257 g/mol. The Hall–Kier alpha value is 0.310. The largest absolute Gasteiger partial charge is 0.303 e. The van der Waals surface area contributed by atoms with E-state index in [2.05, 4.69) is 45.2 Å². The molecule has 0 aromatic carbocycles. The summed E-state index contributed by atoms with van der Waals surface area (Å²) < 4.78 is 0. The average Bonchev–Trinajstić information content (AvgIpc) is 2.49. The van der Waals surface area contributed by atoms with E-state index in [1.807, 2.05) is 0 Å². The summed E-state index contributed by atoms with van der Waals surface area (Å²) in [5.41, 5.74) is 0.387. The van der Waals surface area contributed by atoms with Crippen LogP contribution in [0.5, 0.6) is 0 Å². The second kappa shape index (κ2) is 7.04. The SMILES string of the molecule is CCC1CCCN(CC(CS)C(C)(C)C)CC1. The third-order valence-electron chi connectivity index (χ3n) is 4.44. The van der Waals surface area contributed by atoms with Gasteiger partial charge in [-0.2, -0.15) is 12.6 Å². The Labute approximate surface area is 114 Å². The van der Waals surface area contributed by atoms with Gasteiger partial charge in [-0.15, -0.1) is 0 Å². The summed E-state index contributed by atoms with van der Waals surface area (Å²) in [6.45, 7) is 13.2. The fourth-order valence-electron chi connectivity index (χ4n) is 2.73. The Balaban J connectivity index is 2.45. The number of rotatable bonds is 4. The molecule has 0 spiro atoms. The summed E-state index contributed by atoms with van der Waals surface area (Å²) in [4.78, 5) is 2.68. The molecule has 2 unspecified atom stereocenters. The predicted molar refractivity (Wildman–Crippen MR) is 80.9 cm³/mol. The molecule has 17 heavy (non-hydrogen) atoms. The second-order valence-corrected chi connectivity index (χ2v) is 7.12. The molecule has 1 heterocycles. The van der Waals surface area contributed by atoms with E-state index in [1.165, 1.54) is 45.3 Å². The fraction of sp³-hybridized carbons (Fsp3) is 1.00. The molecule has 0 amide bonds. The lowest BCUT2D eigenvalue weighted by molar-refractivity contribution is 0.167. The molecule has 0 N–H and O–H groups in total. The number of hydrogen-bond acceptors (Lipinski definition) is 2. The lowest BCUT2D eigenvalue weighted by atomic mass is 9.81. The third-order valence-corrected chi connectivity index (χ3v) is 4.88. The number of hydrogen-bond donors (Lipinski definition) is 1. The molecule has 1 rings (SSSR count). The van der Waals surface area contributed by atoms with Crippen LogP contribution < -0.4 is 0 Å². The van der Waals surface area contributed by atoms with E-state index in [0.29, 0.717) is 11.3 Å². The maximum atomic E-state index is 4.54. The molecule has 102 valence electrons. The highest BCUT2D eigenvalue weighted by Crippen LogP contribution is 2.29. The van der Waals surface area contributed by atoms with Gasteiger partial charge in [-0.1, -0.05) is 34.1 Å². The van der Waals surface area contributed by atoms with E-state index in [9.17, 15) is 0 Å². The van der Waals surface area contributed by atoms with E-state index < -0.39 is 0 Å². The van der Waals surface area contributed by atoms with Gasteiger partial charge in [0.05, 0.1) is 0 Å². The van der Waals surface area contributed by atoms with Gasteiger partial charge in [0.2, 0.25) is 0 Å². The predicted octanol–water partition coefficient (Wildman–Crippen LogP) is 4.09. The summed E-state index contributed by atoms with van der Waals surface area (Å²) >= 11 is 4.54. The first-order valence-electron chi connectivity index (χ1n) is 7.30. The Morgan fingerprint density at radius 1 is 1.24 bits per heavy atom. The van der Waals surface area contributed by atoms with Crippen LogP contribution in [0.25, 0.3) is 0 Å². The van der Waals surface area contributed by atoms with E-state index in [1.54, 1.807) is 0 Å². The Kier molecular flexibility index (Phi) is 6.36. The van der Waals surface area contributed by atoms with Gasteiger partial charge in [-0.3, -0.25) is 0 Å². The minimum Gasteiger partial charge on any atom is -0.303 e. The van der Waals surface area contributed by atoms with Gasteiger partial charge in [0.25, 0.3) is 0 Å². The summed E-state index contributed by atoms with van der Waals surface area (Å²) in [5, 5.41) is 0. The molecule has 2 heteroatoms. The summed E-state index contributed by atoms with van der Waals surface area (Å²) in [5.74, 6) is 2.70. The maximum absolute atomic E-state index is 4.54. The van der Waals surface area contributed by atoms with Gasteiger partial charge >= 0.3 is 0 Å². The summed E-state index contributed by atoms with van der Waals surface area (Å²) in [6.07, 6.45) is 5.60. The van der Waals surface area contributed by atoms with Crippen LogP contribution >= 0.6 is 12.6 Å². The molecule has 0 bridgehead atoms. The molecule has 0 aliphatic carbocycles. The first-order valence-corrected chi connectivity index (χ1v) is 7.93. The van der Waals surface area contributed by atoms with Gasteiger partial charge in [-0.05, 0) is 55.4 Å². The number of likely N-dealkylation sites (tertiary alicyclic amines) is 1. The molecule has 1 fully saturated rings. The average molecular weight is 257 g/mol. The van der Waals surface area contributed by atoms with Crippen molar-refractivity contribution < 1.29 is 0 Å². The second-order valence-electron chi connectivity index (χ2n) is 6.75. The van der Waals surface area contributed by atoms with Crippen molar-refractivity contribution in [3.05, 3.63) is 0 Å². The van der Waals surface area contributed by atoms with Gasteiger partial charge in [-0.25, -0.2) is 0 Å². The van der Waals surface area contributed by atoms with Crippen LogP contribution in [0, 0.1) is 17.3 Å². The van der Waals surface area contributed by atoms with Crippen molar-refractivity contribution in [2.75, 3.05) is 25.4 Å². The minimum absolute atomic E-state index is 0.387. The van der Waals surface area contributed by atoms with Crippen molar-refractivity contribution in [3.8, 4) is 0 Å². The zero-order valence-electron chi connectivity index (χ0n) is 12.2. The Morgan fingerprint density at radius 2 is 1.94 bits per heavy atom. The Morgan fingerprint density at radius 3 is 2.47 bits per heavy atom. The van der Waals surface area contributed by atoms with E-state index in [0.717, 1.165) is 11.7 Å². The summed E-state index contributed by atoms with van der Waals surface area (Å²) in [6, 6.07) is 0. The van der Waals surface area contributed by atoms with Crippen molar-refractivity contribution in [2.45, 2.75) is 53.4 Å². The molecule has 0 radical (unpaired) electrons. The first kappa shape index (κ1) is 15.4. The van der Waals surface area contributed by atoms with Gasteiger partial charge in [0.1, 0.15) is 0 Å². The lowest BCUT2D eigenvalue weighted by Gasteiger charge is -2.34. The fourth-order valence-corrected chi connectivity index (χ4v) is 3.40. The van der Waals surface area contributed by atoms with E-state index in [-0.39, 0.29) is 0 Å². The first-order chi connectivity index (χ1) is 7.97. The van der Waals surface area contributed by atoms with Crippen LogP contribution in [0.15, 0.2) is 0 Å². The van der Waals surface area contributed by atoms with Crippen LogP contribution in [0.3, 0.4) is 0 Å². The highest BCUT2D eigenvalue weighted by Gasteiger charge is 2.26. The molecule has 1 aliphatic heterocycles. The van der Waals surface area contributed by atoms with Crippen LogP contribution in [-0.4, -0.2) is 30.3 Å². The van der Waals surface area contributed by atoms with Crippen LogP contribution in [-0.2, 0) is 0 Å². The molecular formula is C15H31NS. The van der Waals surface area contributed by atoms with Gasteiger partial charge in [0, 0.05) is 6.54 Å². The molecule has 0 aromatic heterocycles. The van der Waals surface area contributed by atoms with Crippen molar-refractivity contribution >= 4 is 12.6 Å². The Bertz CT molecular complexity index is 209. The summed E-state index contributed by atoms with van der Waals surface area (Å²) in [7, 11) is 0. The molecule has 1 nitrogen and oxygen atoms in total. The van der Waals surface area contributed by atoms with Crippen LogP contribution in [0.2, 0.25) is 0 Å². The van der Waals surface area contributed by atoms with Gasteiger partial charge < -0.3 is 4.90 Å². The van der Waals surface area contributed by atoms with Crippen LogP contribution in [0.1, 0.15) is 53.4 Å². The number of nitrogens with zero attached hydrogens (tertiary/aromatic N) is 1. The normalized spacial score (nSPS) is 25.6. The lowest BCUT2D eigenvalue weighted by Crippen LogP contribution is -2.37. The highest BCUT2D eigenvalue weighted by atomic mass is 32.1. The van der Waals surface area contributed by atoms with E-state index >= 15 is 0 Å². The van der Waals surface area contributed by atoms with Gasteiger partial charge in [0.15, 0.2) is 0 Å². The molecule has 2 atom stereocenters. The van der Waals surface area contributed by atoms with Crippen molar-refractivity contribution in [3.63, 3.8) is 0 Å². The molecule has 0 aromatic rings. The van der Waals surface area contributed by atoms with Crippen molar-refractivity contribution in [2.24, 2.45) is 17.3 Å². The quantitative estimate of drug-likeness (QED) is 0.742. The molecular weight excluding hydrogens is 226 g/mol. The smallest absolute Gasteiger partial charge is 0.00225 e. The topological polar surface area (TPSA) is 3.24 Å². The number of thiol groups is 1.